The van der Waals surface area contributed by atoms with Crippen LogP contribution in [0.4, 0.5) is 0 Å². The predicted molar refractivity (Wildman–Crippen MR) is 69.5 cm³/mol. The van der Waals surface area contributed by atoms with Crippen molar-refractivity contribution in [3.05, 3.63) is 0 Å². The molecule has 0 radical (unpaired) electrons. The summed E-state index contributed by atoms with van der Waals surface area (Å²) in [7, 11) is 0. The van der Waals surface area contributed by atoms with Gasteiger partial charge in [0, 0.05) is 13.0 Å². The highest BCUT2D eigenvalue weighted by Crippen LogP contribution is 2.10. The zero-order valence-corrected chi connectivity index (χ0v) is 11.4. The molecular formula is C13H22N2O4. The molecule has 6 nitrogen and oxygen atoms in total. The second-order valence-corrected chi connectivity index (χ2v) is 4.87. The summed E-state index contributed by atoms with van der Waals surface area (Å²) in [5.74, 6) is -1.44. The molecule has 2 N–H and O–H groups in total. The Labute approximate surface area is 113 Å². The summed E-state index contributed by atoms with van der Waals surface area (Å²) in [6.45, 7) is 2.41. The molecular weight excluding hydrogens is 248 g/mol. The molecule has 0 bridgehead atoms. The van der Waals surface area contributed by atoms with E-state index in [1.54, 1.807) is 0 Å². The fourth-order valence-electron chi connectivity index (χ4n) is 2.17. The molecule has 1 rings (SSSR count). The Hall–Kier alpha value is -1.59. The molecule has 0 unspecified atom stereocenters. The van der Waals surface area contributed by atoms with E-state index in [1.165, 1.54) is 4.90 Å². The fraction of sp³-hybridized carbons (Fsp3) is 0.769. The smallest absolute Gasteiger partial charge is 0.326 e. The van der Waals surface area contributed by atoms with Crippen molar-refractivity contribution in [2.24, 2.45) is 0 Å². The lowest BCUT2D eigenvalue weighted by Crippen LogP contribution is -2.46. The van der Waals surface area contributed by atoms with E-state index in [0.717, 1.165) is 19.3 Å². The van der Waals surface area contributed by atoms with Gasteiger partial charge in [0.15, 0.2) is 0 Å². The number of likely N-dealkylation sites (tertiary alicyclic amines) is 1. The molecule has 0 aromatic heterocycles. The first-order valence-corrected chi connectivity index (χ1v) is 6.84. The number of carboxylic acids is 1. The molecule has 1 saturated heterocycles. The van der Waals surface area contributed by atoms with Crippen LogP contribution in [0, 0.1) is 0 Å². The number of hydrogen-bond acceptors (Lipinski definition) is 3. The van der Waals surface area contributed by atoms with Gasteiger partial charge in [0.05, 0.1) is 6.54 Å². The molecule has 0 aliphatic carbocycles. The maximum atomic E-state index is 11.8. The van der Waals surface area contributed by atoms with E-state index in [1.807, 2.05) is 6.92 Å². The van der Waals surface area contributed by atoms with Crippen LogP contribution in [0.15, 0.2) is 0 Å². The summed E-state index contributed by atoms with van der Waals surface area (Å²) in [5.41, 5.74) is 0. The number of rotatable bonds is 6. The Balaban J connectivity index is 2.48. The first kappa shape index (κ1) is 15.5. The SMILES string of the molecule is CCC[C@H](NC(=O)CN1CCCCCC1=O)C(=O)O. The van der Waals surface area contributed by atoms with Gasteiger partial charge in [-0.3, -0.25) is 9.59 Å². The van der Waals surface area contributed by atoms with Crippen molar-refractivity contribution in [3.63, 3.8) is 0 Å². The van der Waals surface area contributed by atoms with Gasteiger partial charge in [-0.15, -0.1) is 0 Å². The monoisotopic (exact) mass is 270 g/mol. The van der Waals surface area contributed by atoms with Crippen molar-refractivity contribution < 1.29 is 19.5 Å². The van der Waals surface area contributed by atoms with E-state index in [4.69, 9.17) is 5.11 Å². The molecule has 1 aliphatic heterocycles. The first-order chi connectivity index (χ1) is 9.04. The van der Waals surface area contributed by atoms with E-state index >= 15 is 0 Å². The van der Waals surface area contributed by atoms with Gasteiger partial charge in [0.2, 0.25) is 11.8 Å². The topological polar surface area (TPSA) is 86.7 Å². The maximum Gasteiger partial charge on any atom is 0.326 e. The zero-order chi connectivity index (χ0) is 14.3. The van der Waals surface area contributed by atoms with Crippen molar-refractivity contribution in [3.8, 4) is 0 Å². The minimum absolute atomic E-state index is 0.0185. The van der Waals surface area contributed by atoms with Crippen LogP contribution in [0.25, 0.3) is 0 Å². The summed E-state index contributed by atoms with van der Waals surface area (Å²) in [5, 5.41) is 11.4. The lowest BCUT2D eigenvalue weighted by molar-refractivity contribution is -0.142. The van der Waals surface area contributed by atoms with Gasteiger partial charge in [0.25, 0.3) is 0 Å². The van der Waals surface area contributed by atoms with Crippen LogP contribution in [-0.2, 0) is 14.4 Å². The number of hydrogen-bond donors (Lipinski definition) is 2. The van der Waals surface area contributed by atoms with Crippen molar-refractivity contribution in [2.45, 2.75) is 51.5 Å². The van der Waals surface area contributed by atoms with Crippen LogP contribution in [0.2, 0.25) is 0 Å². The highest BCUT2D eigenvalue weighted by atomic mass is 16.4. The molecule has 0 saturated carbocycles. The van der Waals surface area contributed by atoms with Crippen LogP contribution >= 0.6 is 0 Å². The third-order valence-corrected chi connectivity index (χ3v) is 3.22. The summed E-state index contributed by atoms with van der Waals surface area (Å²) in [6, 6.07) is -0.861. The van der Waals surface area contributed by atoms with Crippen LogP contribution in [0.3, 0.4) is 0 Å². The third kappa shape index (κ3) is 5.28. The number of nitrogens with one attached hydrogen (secondary N) is 1. The van der Waals surface area contributed by atoms with Gasteiger partial charge >= 0.3 is 5.97 Å². The van der Waals surface area contributed by atoms with Crippen molar-refractivity contribution in [1.82, 2.24) is 10.2 Å². The lowest BCUT2D eigenvalue weighted by Gasteiger charge is -2.21. The van der Waals surface area contributed by atoms with E-state index in [2.05, 4.69) is 5.32 Å². The Morgan fingerprint density at radius 2 is 2.11 bits per heavy atom. The molecule has 1 fully saturated rings. The summed E-state index contributed by atoms with van der Waals surface area (Å²) < 4.78 is 0. The summed E-state index contributed by atoms with van der Waals surface area (Å²) in [4.78, 5) is 36.0. The van der Waals surface area contributed by atoms with Gasteiger partial charge in [-0.1, -0.05) is 19.8 Å². The quantitative estimate of drug-likeness (QED) is 0.746. The standard InChI is InChI=1S/C13H22N2O4/c1-2-6-10(13(18)19)14-11(16)9-15-8-5-3-4-7-12(15)17/h10H,2-9H2,1H3,(H,14,16)(H,18,19)/t10-/m0/s1. The number of carboxylic acid groups (broad SMARTS) is 1. The van der Waals surface area contributed by atoms with Crippen LogP contribution in [0.5, 0.6) is 0 Å². The van der Waals surface area contributed by atoms with E-state index in [0.29, 0.717) is 25.8 Å². The Bertz CT molecular complexity index is 344. The first-order valence-electron chi connectivity index (χ1n) is 6.84. The average molecular weight is 270 g/mol. The second-order valence-electron chi connectivity index (χ2n) is 4.87. The highest BCUT2D eigenvalue weighted by Gasteiger charge is 2.23. The molecule has 6 heteroatoms. The summed E-state index contributed by atoms with van der Waals surface area (Å²) >= 11 is 0. The van der Waals surface area contributed by atoms with Gasteiger partial charge < -0.3 is 15.3 Å². The van der Waals surface area contributed by atoms with Gasteiger partial charge in [-0.25, -0.2) is 4.79 Å². The Kier molecular flexibility index (Phi) is 6.32. The minimum Gasteiger partial charge on any atom is -0.480 e. The van der Waals surface area contributed by atoms with E-state index in [9.17, 15) is 14.4 Å². The van der Waals surface area contributed by atoms with Crippen LogP contribution in [0.1, 0.15) is 45.4 Å². The Morgan fingerprint density at radius 3 is 2.74 bits per heavy atom. The van der Waals surface area contributed by atoms with E-state index in [-0.39, 0.29) is 12.5 Å². The molecule has 1 atom stereocenters. The number of carbonyl (C=O) groups is 3. The number of aliphatic carboxylic acids is 1. The van der Waals surface area contributed by atoms with Crippen LogP contribution in [-0.4, -0.2) is 46.9 Å². The molecule has 0 aromatic carbocycles. The molecule has 0 spiro atoms. The summed E-state index contributed by atoms with van der Waals surface area (Å²) in [6.07, 6.45) is 4.32. The number of carbonyl (C=O) groups excluding carboxylic acids is 2. The lowest BCUT2D eigenvalue weighted by atomic mass is 10.1. The number of amides is 2. The Morgan fingerprint density at radius 1 is 1.37 bits per heavy atom. The highest BCUT2D eigenvalue weighted by molar-refractivity contribution is 5.88. The fourth-order valence-corrected chi connectivity index (χ4v) is 2.17. The zero-order valence-electron chi connectivity index (χ0n) is 11.4. The van der Waals surface area contributed by atoms with E-state index < -0.39 is 17.9 Å². The molecule has 108 valence electrons. The van der Waals surface area contributed by atoms with Crippen molar-refractivity contribution in [1.29, 1.82) is 0 Å². The molecule has 2 amide bonds. The average Bonchev–Trinajstić information content (AvgIpc) is 2.54. The molecule has 19 heavy (non-hydrogen) atoms. The predicted octanol–water partition coefficient (Wildman–Crippen LogP) is 0.758. The van der Waals surface area contributed by atoms with Gasteiger partial charge in [-0.2, -0.15) is 0 Å². The second kappa shape index (κ2) is 7.76. The molecule has 1 aliphatic rings. The van der Waals surface area contributed by atoms with Crippen LogP contribution < -0.4 is 5.32 Å². The largest absolute Gasteiger partial charge is 0.480 e. The number of nitrogens with zero attached hydrogens (tertiary/aromatic N) is 1. The van der Waals surface area contributed by atoms with Gasteiger partial charge in [-0.05, 0) is 19.3 Å². The third-order valence-electron chi connectivity index (χ3n) is 3.22. The molecule has 0 aromatic rings. The van der Waals surface area contributed by atoms with Gasteiger partial charge in [0.1, 0.15) is 6.04 Å². The normalized spacial score (nSPS) is 17.7. The minimum atomic E-state index is -1.03. The maximum absolute atomic E-state index is 11.8. The molecule has 1 heterocycles. The van der Waals surface area contributed by atoms with Crippen molar-refractivity contribution in [2.75, 3.05) is 13.1 Å². The van der Waals surface area contributed by atoms with Crippen molar-refractivity contribution >= 4 is 17.8 Å².